The smallest absolute Gasteiger partial charge is 0.240 e. The molecule has 2 saturated heterocycles. The molecule has 0 radical (unpaired) electrons. The van der Waals surface area contributed by atoms with Crippen LogP contribution in [-0.2, 0) is 10.0 Å². The summed E-state index contributed by atoms with van der Waals surface area (Å²) in [5.74, 6) is 0.727. The highest BCUT2D eigenvalue weighted by molar-refractivity contribution is 7.89. The molecule has 1 aromatic carbocycles. The van der Waals surface area contributed by atoms with Crippen LogP contribution in [0.1, 0.15) is 51.9 Å². The fourth-order valence-electron chi connectivity index (χ4n) is 3.70. The van der Waals surface area contributed by atoms with Crippen LogP contribution < -0.4 is 14.8 Å². The molecule has 3 rings (SSSR count). The lowest BCUT2D eigenvalue weighted by Gasteiger charge is -2.29. The average Bonchev–Trinajstić information content (AvgIpc) is 2.90. The summed E-state index contributed by atoms with van der Waals surface area (Å²) in [5.41, 5.74) is 0. The molecule has 2 fully saturated rings. The Labute approximate surface area is 145 Å². The highest BCUT2D eigenvalue weighted by Crippen LogP contribution is 2.28. The van der Waals surface area contributed by atoms with Crippen LogP contribution in [0.15, 0.2) is 29.2 Å². The molecule has 0 aromatic heterocycles. The minimum Gasteiger partial charge on any atom is -0.494 e. The third-order valence-corrected chi connectivity index (χ3v) is 6.48. The zero-order valence-electron chi connectivity index (χ0n) is 14.3. The molecule has 2 N–H and O–H groups in total. The molecule has 2 bridgehead atoms. The number of nitrogens with one attached hydrogen (secondary N) is 2. The van der Waals surface area contributed by atoms with Gasteiger partial charge in [-0.3, -0.25) is 0 Å². The maximum absolute atomic E-state index is 12.6. The van der Waals surface area contributed by atoms with Crippen molar-refractivity contribution in [3.63, 3.8) is 0 Å². The van der Waals surface area contributed by atoms with Crippen LogP contribution in [-0.4, -0.2) is 33.2 Å². The Morgan fingerprint density at radius 1 is 1.12 bits per heavy atom. The first kappa shape index (κ1) is 17.7. The van der Waals surface area contributed by atoms with Crippen molar-refractivity contribution in [2.45, 2.75) is 74.9 Å². The van der Waals surface area contributed by atoms with Crippen LogP contribution in [0.5, 0.6) is 5.75 Å². The summed E-state index contributed by atoms with van der Waals surface area (Å²) in [4.78, 5) is 0.314. The van der Waals surface area contributed by atoms with Gasteiger partial charge in [-0.1, -0.05) is 19.8 Å². The number of fused-ring (bicyclic) bond motifs is 2. The van der Waals surface area contributed by atoms with Gasteiger partial charge in [0.05, 0.1) is 11.5 Å². The third-order valence-electron chi connectivity index (χ3n) is 4.95. The second-order valence-electron chi connectivity index (χ2n) is 6.95. The van der Waals surface area contributed by atoms with E-state index in [-0.39, 0.29) is 6.04 Å². The van der Waals surface area contributed by atoms with Gasteiger partial charge in [0.25, 0.3) is 0 Å². The van der Waals surface area contributed by atoms with Crippen molar-refractivity contribution >= 4 is 10.0 Å². The first-order valence-electron chi connectivity index (χ1n) is 9.08. The topological polar surface area (TPSA) is 67.4 Å². The Hall–Kier alpha value is -1.11. The largest absolute Gasteiger partial charge is 0.494 e. The van der Waals surface area contributed by atoms with Crippen LogP contribution in [0, 0.1) is 0 Å². The zero-order valence-corrected chi connectivity index (χ0v) is 15.1. The van der Waals surface area contributed by atoms with Crippen molar-refractivity contribution in [3.05, 3.63) is 24.3 Å². The standard InChI is InChI=1S/C18H28N2O3S/c1-2-3-4-11-23-17-7-9-18(10-8-17)24(21,22)20-16-12-14-5-6-15(13-16)19-14/h7-10,14-16,19-20H,2-6,11-13H2,1H3. The monoisotopic (exact) mass is 352 g/mol. The molecule has 2 heterocycles. The van der Waals surface area contributed by atoms with Gasteiger partial charge in [0.15, 0.2) is 0 Å². The highest BCUT2D eigenvalue weighted by Gasteiger charge is 2.35. The number of hydrogen-bond donors (Lipinski definition) is 2. The minimum atomic E-state index is -3.46. The summed E-state index contributed by atoms with van der Waals surface area (Å²) in [6.07, 6.45) is 7.41. The van der Waals surface area contributed by atoms with Gasteiger partial charge in [-0.05, 0) is 56.4 Å². The van der Waals surface area contributed by atoms with Crippen molar-refractivity contribution in [3.8, 4) is 5.75 Å². The quantitative estimate of drug-likeness (QED) is 0.706. The fraction of sp³-hybridized carbons (Fsp3) is 0.667. The predicted octanol–water partition coefficient (Wildman–Crippen LogP) is 2.82. The Morgan fingerprint density at radius 3 is 2.42 bits per heavy atom. The molecule has 1 aromatic rings. The van der Waals surface area contributed by atoms with Gasteiger partial charge in [0.1, 0.15) is 5.75 Å². The highest BCUT2D eigenvalue weighted by atomic mass is 32.2. The average molecular weight is 353 g/mol. The maximum atomic E-state index is 12.6. The number of ether oxygens (including phenoxy) is 1. The van der Waals surface area contributed by atoms with Crippen molar-refractivity contribution < 1.29 is 13.2 Å². The molecule has 0 amide bonds. The van der Waals surface area contributed by atoms with Crippen LogP contribution >= 0.6 is 0 Å². The Balaban J connectivity index is 1.56. The van der Waals surface area contributed by atoms with E-state index in [4.69, 9.17) is 4.74 Å². The lowest BCUT2D eigenvalue weighted by Crippen LogP contribution is -2.47. The fourth-order valence-corrected chi connectivity index (χ4v) is 4.96. The van der Waals surface area contributed by atoms with E-state index in [0.29, 0.717) is 23.6 Å². The second-order valence-corrected chi connectivity index (χ2v) is 8.67. The molecule has 2 aliphatic heterocycles. The van der Waals surface area contributed by atoms with Crippen LogP contribution in [0.4, 0.5) is 0 Å². The number of benzene rings is 1. The molecule has 2 aliphatic rings. The number of sulfonamides is 1. The van der Waals surface area contributed by atoms with Gasteiger partial charge in [-0.25, -0.2) is 13.1 Å². The molecule has 0 saturated carbocycles. The van der Waals surface area contributed by atoms with Gasteiger partial charge < -0.3 is 10.1 Å². The van der Waals surface area contributed by atoms with Crippen LogP contribution in [0.3, 0.4) is 0 Å². The summed E-state index contributed by atoms with van der Waals surface area (Å²) in [5, 5.41) is 3.53. The van der Waals surface area contributed by atoms with E-state index in [0.717, 1.165) is 50.7 Å². The summed E-state index contributed by atoms with van der Waals surface area (Å²) in [6, 6.07) is 7.73. The van der Waals surface area contributed by atoms with Crippen molar-refractivity contribution in [1.29, 1.82) is 0 Å². The van der Waals surface area contributed by atoms with Gasteiger partial charge in [0, 0.05) is 18.1 Å². The van der Waals surface area contributed by atoms with Crippen molar-refractivity contribution in [2.24, 2.45) is 0 Å². The first-order valence-corrected chi connectivity index (χ1v) is 10.6. The lowest BCUT2D eigenvalue weighted by molar-refractivity contribution is 0.306. The molecule has 2 unspecified atom stereocenters. The van der Waals surface area contributed by atoms with E-state index >= 15 is 0 Å². The molecule has 0 spiro atoms. The Kier molecular flexibility index (Phi) is 5.79. The first-order chi connectivity index (χ1) is 11.6. The third kappa shape index (κ3) is 4.49. The van der Waals surface area contributed by atoms with E-state index in [1.54, 1.807) is 24.3 Å². The van der Waals surface area contributed by atoms with E-state index in [1.807, 2.05) is 0 Å². The molecular formula is C18H28N2O3S. The van der Waals surface area contributed by atoms with Crippen LogP contribution in [0.25, 0.3) is 0 Å². The van der Waals surface area contributed by atoms with E-state index in [2.05, 4.69) is 17.0 Å². The molecule has 0 aliphatic carbocycles. The molecule has 134 valence electrons. The molecule has 24 heavy (non-hydrogen) atoms. The molecular weight excluding hydrogens is 324 g/mol. The lowest BCUT2D eigenvalue weighted by atomic mass is 10.0. The Morgan fingerprint density at radius 2 is 1.79 bits per heavy atom. The second kappa shape index (κ2) is 7.85. The molecule has 6 heteroatoms. The van der Waals surface area contributed by atoms with Gasteiger partial charge in [-0.15, -0.1) is 0 Å². The number of hydrogen-bond acceptors (Lipinski definition) is 4. The minimum absolute atomic E-state index is 0.0405. The SMILES string of the molecule is CCCCCOc1ccc(S(=O)(=O)NC2CC3CCC(C2)N3)cc1. The van der Waals surface area contributed by atoms with Crippen molar-refractivity contribution in [2.75, 3.05) is 6.61 Å². The summed E-state index contributed by atoms with van der Waals surface area (Å²) in [6.45, 7) is 2.83. The van der Waals surface area contributed by atoms with E-state index in [1.165, 1.54) is 0 Å². The number of rotatable bonds is 8. The van der Waals surface area contributed by atoms with Gasteiger partial charge in [0.2, 0.25) is 10.0 Å². The number of unbranched alkanes of at least 4 members (excludes halogenated alkanes) is 2. The summed E-state index contributed by atoms with van der Waals surface area (Å²) >= 11 is 0. The summed E-state index contributed by atoms with van der Waals surface area (Å²) < 4.78 is 33.7. The molecule has 2 atom stereocenters. The van der Waals surface area contributed by atoms with Gasteiger partial charge in [-0.2, -0.15) is 0 Å². The Bertz CT molecular complexity index is 618. The van der Waals surface area contributed by atoms with E-state index in [9.17, 15) is 8.42 Å². The predicted molar refractivity (Wildman–Crippen MR) is 94.8 cm³/mol. The normalized spacial score (nSPS) is 26.5. The van der Waals surface area contributed by atoms with Crippen LogP contribution in [0.2, 0.25) is 0 Å². The summed E-state index contributed by atoms with van der Waals surface area (Å²) in [7, 11) is -3.46. The zero-order chi connectivity index (χ0) is 17.0. The molecule has 5 nitrogen and oxygen atoms in total. The van der Waals surface area contributed by atoms with E-state index < -0.39 is 10.0 Å². The number of piperidine rings is 1. The maximum Gasteiger partial charge on any atom is 0.240 e. The van der Waals surface area contributed by atoms with Crippen molar-refractivity contribution in [1.82, 2.24) is 10.0 Å². The van der Waals surface area contributed by atoms with Gasteiger partial charge >= 0.3 is 0 Å².